The van der Waals surface area contributed by atoms with Crippen LogP contribution in [0.25, 0.3) is 0 Å². The highest BCUT2D eigenvalue weighted by atomic mass is 16.5. The van der Waals surface area contributed by atoms with Crippen molar-refractivity contribution in [1.29, 1.82) is 0 Å². The van der Waals surface area contributed by atoms with E-state index in [9.17, 15) is 4.79 Å². The van der Waals surface area contributed by atoms with Crippen molar-refractivity contribution in [2.75, 3.05) is 19.6 Å². The van der Waals surface area contributed by atoms with Crippen LogP contribution in [0.15, 0.2) is 10.6 Å². The summed E-state index contributed by atoms with van der Waals surface area (Å²) >= 11 is 0. The molecule has 0 spiro atoms. The van der Waals surface area contributed by atoms with Gasteiger partial charge in [-0.25, -0.2) is 0 Å². The number of aryl methyl sites for hydroxylation is 1. The summed E-state index contributed by atoms with van der Waals surface area (Å²) < 4.78 is 5.37. The number of carbonyl (C=O) groups is 1. The maximum absolute atomic E-state index is 12.5. The molecule has 1 aromatic rings. The van der Waals surface area contributed by atoms with Gasteiger partial charge < -0.3 is 14.7 Å². The average Bonchev–Trinajstić information content (AvgIpc) is 3.14. The van der Waals surface area contributed by atoms with E-state index in [0.717, 1.165) is 50.4 Å². The van der Waals surface area contributed by atoms with Gasteiger partial charge in [0, 0.05) is 19.0 Å². The largest absolute Gasteiger partial charge is 0.359 e. The van der Waals surface area contributed by atoms with Crippen molar-refractivity contribution in [3.63, 3.8) is 0 Å². The molecule has 0 saturated carbocycles. The molecule has 0 aliphatic carbocycles. The molecule has 3 rings (SSSR count). The normalized spacial score (nSPS) is 23.7. The first-order chi connectivity index (χ1) is 10.2. The molecule has 1 amide bonds. The van der Waals surface area contributed by atoms with Crippen LogP contribution in [0, 0.1) is 12.8 Å². The van der Waals surface area contributed by atoms with Crippen molar-refractivity contribution in [3.05, 3.63) is 17.5 Å². The molecule has 1 atom stereocenters. The molecule has 1 unspecified atom stereocenters. The van der Waals surface area contributed by atoms with E-state index in [4.69, 9.17) is 4.52 Å². The van der Waals surface area contributed by atoms with Crippen LogP contribution in [0.5, 0.6) is 0 Å². The van der Waals surface area contributed by atoms with Crippen molar-refractivity contribution in [2.24, 2.45) is 5.92 Å². The fourth-order valence-electron chi connectivity index (χ4n) is 3.54. The third-order valence-electron chi connectivity index (χ3n) is 4.77. The maximum Gasteiger partial charge on any atom is 0.223 e. The van der Waals surface area contributed by atoms with Crippen LogP contribution in [0.1, 0.15) is 56.0 Å². The Kier molecular flexibility index (Phi) is 4.58. The van der Waals surface area contributed by atoms with Crippen molar-refractivity contribution in [1.82, 2.24) is 15.4 Å². The number of carbonyl (C=O) groups excluding carboxylic acids is 1. The van der Waals surface area contributed by atoms with Crippen molar-refractivity contribution < 1.29 is 9.32 Å². The predicted molar refractivity (Wildman–Crippen MR) is 79.8 cm³/mol. The second-order valence-corrected chi connectivity index (χ2v) is 6.35. The lowest BCUT2D eigenvalue weighted by molar-refractivity contribution is -0.132. The number of rotatable bonds is 4. The number of hydrogen-bond acceptors (Lipinski definition) is 4. The highest BCUT2D eigenvalue weighted by Gasteiger charge is 2.32. The molecular formula is C16H25N3O2. The molecule has 2 aliphatic rings. The first kappa shape index (κ1) is 14.6. The molecule has 2 fully saturated rings. The molecule has 2 aliphatic heterocycles. The van der Waals surface area contributed by atoms with Crippen LogP contribution in [-0.4, -0.2) is 35.6 Å². The standard InChI is InChI=1S/C16H25N3O2/c1-12-11-15(21-18-12)14-3-2-10-19(14)16(20)5-4-13-6-8-17-9-7-13/h11,13-14,17H,2-10H2,1H3. The lowest BCUT2D eigenvalue weighted by Gasteiger charge is -2.25. The third kappa shape index (κ3) is 3.46. The van der Waals surface area contributed by atoms with Gasteiger partial charge in [0.1, 0.15) is 0 Å². The van der Waals surface area contributed by atoms with Gasteiger partial charge in [0.2, 0.25) is 5.91 Å². The Hall–Kier alpha value is -1.36. The number of amides is 1. The first-order valence-electron chi connectivity index (χ1n) is 8.17. The molecule has 116 valence electrons. The number of nitrogens with one attached hydrogen (secondary N) is 1. The van der Waals surface area contributed by atoms with E-state index < -0.39 is 0 Å². The zero-order valence-electron chi connectivity index (χ0n) is 12.8. The quantitative estimate of drug-likeness (QED) is 0.925. The topological polar surface area (TPSA) is 58.4 Å². The lowest BCUT2D eigenvalue weighted by atomic mass is 9.93. The highest BCUT2D eigenvalue weighted by Crippen LogP contribution is 2.33. The van der Waals surface area contributed by atoms with E-state index in [-0.39, 0.29) is 11.9 Å². The molecule has 2 saturated heterocycles. The van der Waals surface area contributed by atoms with Gasteiger partial charge in [-0.05, 0) is 58.0 Å². The molecule has 1 N–H and O–H groups in total. The molecule has 5 nitrogen and oxygen atoms in total. The number of aromatic nitrogens is 1. The zero-order chi connectivity index (χ0) is 14.7. The van der Waals surface area contributed by atoms with Crippen LogP contribution in [0.3, 0.4) is 0 Å². The summed E-state index contributed by atoms with van der Waals surface area (Å²) in [5.41, 5.74) is 0.888. The molecular weight excluding hydrogens is 266 g/mol. The maximum atomic E-state index is 12.5. The summed E-state index contributed by atoms with van der Waals surface area (Å²) in [6.45, 7) is 4.98. The van der Waals surface area contributed by atoms with Gasteiger partial charge in [-0.15, -0.1) is 0 Å². The monoisotopic (exact) mass is 291 g/mol. The minimum atomic E-state index is 0.103. The van der Waals surface area contributed by atoms with Gasteiger partial charge >= 0.3 is 0 Å². The van der Waals surface area contributed by atoms with Gasteiger partial charge in [-0.1, -0.05) is 5.16 Å². The van der Waals surface area contributed by atoms with E-state index in [1.807, 2.05) is 17.9 Å². The highest BCUT2D eigenvalue weighted by molar-refractivity contribution is 5.77. The molecule has 0 aromatic carbocycles. The number of likely N-dealkylation sites (tertiary alicyclic amines) is 1. The Balaban J connectivity index is 1.55. The number of piperidine rings is 1. The summed E-state index contributed by atoms with van der Waals surface area (Å²) in [4.78, 5) is 14.5. The lowest BCUT2D eigenvalue weighted by Crippen LogP contribution is -2.32. The van der Waals surface area contributed by atoms with Crippen molar-refractivity contribution in [2.45, 2.75) is 51.5 Å². The summed E-state index contributed by atoms with van der Waals surface area (Å²) in [7, 11) is 0. The molecule has 21 heavy (non-hydrogen) atoms. The fraction of sp³-hybridized carbons (Fsp3) is 0.750. The van der Waals surface area contributed by atoms with Crippen molar-refractivity contribution in [3.8, 4) is 0 Å². The van der Waals surface area contributed by atoms with E-state index >= 15 is 0 Å². The van der Waals surface area contributed by atoms with Gasteiger partial charge in [0.25, 0.3) is 0 Å². The van der Waals surface area contributed by atoms with E-state index in [1.165, 1.54) is 12.8 Å². The molecule has 3 heterocycles. The van der Waals surface area contributed by atoms with E-state index in [1.54, 1.807) is 0 Å². The Bertz CT molecular complexity index is 480. The van der Waals surface area contributed by atoms with E-state index in [2.05, 4.69) is 10.5 Å². The van der Waals surface area contributed by atoms with Gasteiger partial charge in [0.05, 0.1) is 11.7 Å². The van der Waals surface area contributed by atoms with Crippen molar-refractivity contribution >= 4 is 5.91 Å². The Labute approximate surface area is 126 Å². The van der Waals surface area contributed by atoms with Gasteiger partial charge in [-0.2, -0.15) is 0 Å². The fourth-order valence-corrected chi connectivity index (χ4v) is 3.54. The molecule has 5 heteroatoms. The number of nitrogens with zero attached hydrogens (tertiary/aromatic N) is 2. The van der Waals surface area contributed by atoms with Gasteiger partial charge in [0.15, 0.2) is 5.76 Å². The Morgan fingerprint density at radius 3 is 2.95 bits per heavy atom. The SMILES string of the molecule is Cc1cc(C2CCCN2C(=O)CCC2CCNCC2)on1. The smallest absolute Gasteiger partial charge is 0.223 e. The summed E-state index contributed by atoms with van der Waals surface area (Å²) in [6.07, 6.45) is 6.17. The van der Waals surface area contributed by atoms with Crippen LogP contribution in [-0.2, 0) is 4.79 Å². The molecule has 1 aromatic heterocycles. The molecule has 0 bridgehead atoms. The molecule has 0 radical (unpaired) electrons. The zero-order valence-corrected chi connectivity index (χ0v) is 12.8. The van der Waals surface area contributed by atoms with E-state index in [0.29, 0.717) is 12.3 Å². The van der Waals surface area contributed by atoms with Crippen LogP contribution < -0.4 is 5.32 Å². The second kappa shape index (κ2) is 6.60. The first-order valence-corrected chi connectivity index (χ1v) is 8.17. The summed E-state index contributed by atoms with van der Waals surface area (Å²) in [5.74, 6) is 1.84. The minimum absolute atomic E-state index is 0.103. The Morgan fingerprint density at radius 1 is 1.43 bits per heavy atom. The minimum Gasteiger partial charge on any atom is -0.359 e. The van der Waals surface area contributed by atoms with Gasteiger partial charge in [-0.3, -0.25) is 4.79 Å². The third-order valence-corrected chi connectivity index (χ3v) is 4.77. The summed E-state index contributed by atoms with van der Waals surface area (Å²) in [6, 6.07) is 2.06. The van der Waals surface area contributed by atoms with Crippen LogP contribution in [0.2, 0.25) is 0 Å². The Morgan fingerprint density at radius 2 is 2.24 bits per heavy atom. The number of hydrogen-bond donors (Lipinski definition) is 1. The second-order valence-electron chi connectivity index (χ2n) is 6.35. The van der Waals surface area contributed by atoms with Crippen LogP contribution in [0.4, 0.5) is 0 Å². The average molecular weight is 291 g/mol. The van der Waals surface area contributed by atoms with Crippen LogP contribution >= 0.6 is 0 Å². The predicted octanol–water partition coefficient (Wildman–Crippen LogP) is 2.43. The summed E-state index contributed by atoms with van der Waals surface area (Å²) in [5, 5.41) is 7.33.